The van der Waals surface area contributed by atoms with Crippen LogP contribution in [-0.4, -0.2) is 17.4 Å². The van der Waals surface area contributed by atoms with Gasteiger partial charge in [0.15, 0.2) is 0 Å². The van der Waals surface area contributed by atoms with E-state index in [1.807, 2.05) is 0 Å². The zero-order valence-corrected chi connectivity index (χ0v) is 10.4. The quantitative estimate of drug-likeness (QED) is 0.611. The van der Waals surface area contributed by atoms with Gasteiger partial charge in [0.25, 0.3) is 5.91 Å². The van der Waals surface area contributed by atoms with E-state index in [9.17, 15) is 9.18 Å². The molecule has 0 aliphatic heterocycles. The largest absolute Gasteiger partial charge is 0.351 e. The number of amides is 1. The lowest BCUT2D eigenvalue weighted by Crippen LogP contribution is -2.25. The number of aromatic nitrogens is 1. The lowest BCUT2D eigenvalue weighted by molar-refractivity contribution is 0.0946. The molecule has 1 N–H and O–H groups in total. The standard InChI is InChI=1S/C13H19FN2O/c1-10(2)6-3-4-9-15-13(17)11-7-5-8-12(14)16-11/h5,7-8,10H,3-4,6,9H2,1-2H3,(H,15,17). The predicted molar refractivity (Wildman–Crippen MR) is 65.2 cm³/mol. The zero-order valence-electron chi connectivity index (χ0n) is 10.4. The molecule has 0 radical (unpaired) electrons. The Bertz CT molecular complexity index is 366. The normalized spacial score (nSPS) is 10.6. The minimum Gasteiger partial charge on any atom is -0.351 e. The van der Waals surface area contributed by atoms with Crippen LogP contribution in [0.4, 0.5) is 4.39 Å². The van der Waals surface area contributed by atoms with Crippen molar-refractivity contribution in [2.45, 2.75) is 33.1 Å². The maximum Gasteiger partial charge on any atom is 0.269 e. The molecule has 0 aliphatic rings. The summed E-state index contributed by atoms with van der Waals surface area (Å²) in [5.41, 5.74) is 0.133. The third kappa shape index (κ3) is 5.43. The minimum atomic E-state index is -0.627. The summed E-state index contributed by atoms with van der Waals surface area (Å²) >= 11 is 0. The number of halogens is 1. The van der Waals surface area contributed by atoms with Crippen LogP contribution in [0.15, 0.2) is 18.2 Å². The summed E-state index contributed by atoms with van der Waals surface area (Å²) in [4.78, 5) is 15.1. The second-order valence-electron chi connectivity index (χ2n) is 4.49. The van der Waals surface area contributed by atoms with Gasteiger partial charge in [-0.2, -0.15) is 4.39 Å². The summed E-state index contributed by atoms with van der Waals surface area (Å²) in [7, 11) is 0. The number of hydrogen-bond acceptors (Lipinski definition) is 2. The van der Waals surface area contributed by atoms with Gasteiger partial charge in [-0.1, -0.05) is 32.8 Å². The first-order valence-electron chi connectivity index (χ1n) is 6.00. The summed E-state index contributed by atoms with van der Waals surface area (Å²) < 4.78 is 12.8. The van der Waals surface area contributed by atoms with E-state index < -0.39 is 5.95 Å². The Balaban J connectivity index is 2.26. The van der Waals surface area contributed by atoms with Gasteiger partial charge in [-0.15, -0.1) is 0 Å². The van der Waals surface area contributed by atoms with Gasteiger partial charge >= 0.3 is 0 Å². The topological polar surface area (TPSA) is 42.0 Å². The molecule has 0 aromatic carbocycles. The second kappa shape index (κ2) is 6.99. The highest BCUT2D eigenvalue weighted by Gasteiger charge is 2.06. The van der Waals surface area contributed by atoms with E-state index in [4.69, 9.17) is 0 Å². The number of nitrogens with one attached hydrogen (secondary N) is 1. The molecule has 0 atom stereocenters. The van der Waals surface area contributed by atoms with Gasteiger partial charge in [-0.3, -0.25) is 4.79 Å². The molecule has 0 bridgehead atoms. The molecule has 1 rings (SSSR count). The molecule has 94 valence electrons. The number of carbonyl (C=O) groups excluding carboxylic acids is 1. The molecule has 0 saturated carbocycles. The van der Waals surface area contributed by atoms with E-state index >= 15 is 0 Å². The van der Waals surface area contributed by atoms with Crippen molar-refractivity contribution in [3.8, 4) is 0 Å². The van der Waals surface area contributed by atoms with Crippen LogP contribution < -0.4 is 5.32 Å². The molecule has 0 spiro atoms. The Morgan fingerprint density at radius 2 is 2.18 bits per heavy atom. The minimum absolute atomic E-state index is 0.133. The highest BCUT2D eigenvalue weighted by atomic mass is 19.1. The van der Waals surface area contributed by atoms with Crippen molar-refractivity contribution in [3.05, 3.63) is 29.8 Å². The third-order valence-corrected chi connectivity index (χ3v) is 2.44. The van der Waals surface area contributed by atoms with Crippen molar-refractivity contribution in [2.75, 3.05) is 6.54 Å². The average molecular weight is 238 g/mol. The summed E-state index contributed by atoms with van der Waals surface area (Å²) in [5, 5.41) is 2.73. The van der Waals surface area contributed by atoms with Crippen molar-refractivity contribution in [1.82, 2.24) is 10.3 Å². The Labute approximate surface area is 101 Å². The summed E-state index contributed by atoms with van der Waals surface area (Å²) in [6.07, 6.45) is 3.20. The number of rotatable bonds is 6. The number of nitrogens with zero attached hydrogens (tertiary/aromatic N) is 1. The molecular weight excluding hydrogens is 219 g/mol. The van der Waals surface area contributed by atoms with Crippen molar-refractivity contribution >= 4 is 5.91 Å². The average Bonchev–Trinajstić information content (AvgIpc) is 2.28. The van der Waals surface area contributed by atoms with Gasteiger partial charge in [0.1, 0.15) is 5.69 Å². The molecule has 4 heteroatoms. The summed E-state index contributed by atoms with van der Waals surface area (Å²) in [6.45, 7) is 4.97. The molecule has 1 aromatic rings. The van der Waals surface area contributed by atoms with Gasteiger partial charge in [0, 0.05) is 6.54 Å². The molecule has 0 saturated heterocycles. The van der Waals surface area contributed by atoms with Gasteiger partial charge in [0.05, 0.1) is 0 Å². The van der Waals surface area contributed by atoms with Crippen molar-refractivity contribution in [1.29, 1.82) is 0 Å². The van der Waals surface area contributed by atoms with Gasteiger partial charge in [0.2, 0.25) is 5.95 Å². The fourth-order valence-corrected chi connectivity index (χ4v) is 1.50. The molecule has 1 aromatic heterocycles. The molecule has 17 heavy (non-hydrogen) atoms. The molecule has 1 heterocycles. The fraction of sp³-hybridized carbons (Fsp3) is 0.538. The van der Waals surface area contributed by atoms with Crippen molar-refractivity contribution in [3.63, 3.8) is 0 Å². The van der Waals surface area contributed by atoms with Crippen LogP contribution in [0.25, 0.3) is 0 Å². The lowest BCUT2D eigenvalue weighted by Gasteiger charge is -2.06. The van der Waals surface area contributed by atoms with E-state index in [1.165, 1.54) is 18.2 Å². The van der Waals surface area contributed by atoms with E-state index in [-0.39, 0.29) is 11.6 Å². The van der Waals surface area contributed by atoms with Crippen molar-refractivity contribution in [2.24, 2.45) is 5.92 Å². The first-order valence-corrected chi connectivity index (χ1v) is 6.00. The van der Waals surface area contributed by atoms with Crippen LogP contribution in [0.5, 0.6) is 0 Å². The van der Waals surface area contributed by atoms with Gasteiger partial charge in [-0.25, -0.2) is 4.98 Å². The number of carbonyl (C=O) groups is 1. The van der Waals surface area contributed by atoms with E-state index in [1.54, 1.807) is 0 Å². The maximum atomic E-state index is 12.8. The Morgan fingerprint density at radius 1 is 1.41 bits per heavy atom. The van der Waals surface area contributed by atoms with Crippen LogP contribution in [0.1, 0.15) is 43.6 Å². The zero-order chi connectivity index (χ0) is 12.7. The second-order valence-corrected chi connectivity index (χ2v) is 4.49. The molecule has 3 nitrogen and oxygen atoms in total. The first-order chi connectivity index (χ1) is 8.09. The monoisotopic (exact) mass is 238 g/mol. The number of hydrogen-bond donors (Lipinski definition) is 1. The van der Waals surface area contributed by atoms with Gasteiger partial charge < -0.3 is 5.32 Å². The number of pyridine rings is 1. The summed E-state index contributed by atoms with van der Waals surface area (Å²) in [6, 6.07) is 4.21. The fourth-order valence-electron chi connectivity index (χ4n) is 1.50. The Kier molecular flexibility index (Phi) is 5.60. The van der Waals surface area contributed by atoms with Crippen LogP contribution >= 0.6 is 0 Å². The van der Waals surface area contributed by atoms with Crippen LogP contribution in [0, 0.1) is 11.9 Å². The summed E-state index contributed by atoms with van der Waals surface area (Å²) in [5.74, 6) is -0.248. The highest BCUT2D eigenvalue weighted by Crippen LogP contribution is 2.05. The van der Waals surface area contributed by atoms with Crippen LogP contribution in [0.2, 0.25) is 0 Å². The van der Waals surface area contributed by atoms with Crippen LogP contribution in [0.3, 0.4) is 0 Å². The smallest absolute Gasteiger partial charge is 0.269 e. The van der Waals surface area contributed by atoms with E-state index in [2.05, 4.69) is 24.1 Å². The molecule has 0 aliphatic carbocycles. The predicted octanol–water partition coefficient (Wildman–Crippen LogP) is 2.78. The lowest BCUT2D eigenvalue weighted by atomic mass is 10.1. The van der Waals surface area contributed by atoms with E-state index in [0.717, 1.165) is 19.3 Å². The van der Waals surface area contributed by atoms with Gasteiger partial charge in [-0.05, 0) is 24.5 Å². The first kappa shape index (κ1) is 13.6. The van der Waals surface area contributed by atoms with Crippen LogP contribution in [-0.2, 0) is 0 Å². The molecule has 0 unspecified atom stereocenters. The van der Waals surface area contributed by atoms with Crippen molar-refractivity contribution < 1.29 is 9.18 Å². The Hall–Kier alpha value is -1.45. The SMILES string of the molecule is CC(C)CCCCNC(=O)c1cccc(F)n1. The third-order valence-electron chi connectivity index (χ3n) is 2.44. The molecular formula is C13H19FN2O. The number of unbranched alkanes of at least 4 members (excludes halogenated alkanes) is 1. The Morgan fingerprint density at radius 3 is 2.82 bits per heavy atom. The molecule has 1 amide bonds. The van der Waals surface area contributed by atoms with E-state index in [0.29, 0.717) is 12.5 Å². The molecule has 0 fully saturated rings. The highest BCUT2D eigenvalue weighted by molar-refractivity contribution is 5.92. The maximum absolute atomic E-state index is 12.8.